The maximum Gasteiger partial charge on any atom is 0.228 e. The molecule has 0 aliphatic carbocycles. The summed E-state index contributed by atoms with van der Waals surface area (Å²) in [5, 5.41) is 3.95. The van der Waals surface area contributed by atoms with Crippen molar-refractivity contribution >= 4 is 33.2 Å². The summed E-state index contributed by atoms with van der Waals surface area (Å²) in [7, 11) is 1.61. The number of carbonyl (C=O) groups is 1. The predicted molar refractivity (Wildman–Crippen MR) is 84.9 cm³/mol. The van der Waals surface area contributed by atoms with E-state index in [-0.39, 0.29) is 5.91 Å². The highest BCUT2D eigenvalue weighted by Crippen LogP contribution is 2.22. The molecule has 5 heteroatoms. The minimum absolute atomic E-state index is 0.0502. The molecule has 2 aromatic carbocycles. The molecule has 3 aromatic rings. The normalized spacial score (nSPS) is 10.5. The Balaban J connectivity index is 1.70. The first-order chi connectivity index (χ1) is 10.2. The number of anilines is 1. The van der Waals surface area contributed by atoms with Crippen molar-refractivity contribution in [1.82, 2.24) is 4.37 Å². The second kappa shape index (κ2) is 5.93. The third-order valence-corrected chi connectivity index (χ3v) is 3.91. The number of methoxy groups -OCH3 is 1. The predicted octanol–water partition coefficient (Wildman–Crippen LogP) is 3.49. The van der Waals surface area contributed by atoms with Crippen LogP contribution in [-0.2, 0) is 11.2 Å². The maximum absolute atomic E-state index is 12.1. The number of nitrogens with one attached hydrogen (secondary N) is 1. The molecule has 0 radical (unpaired) electrons. The SMILES string of the molecule is COc1cccc(CC(=O)Nc2ccc3sncc3c2)c1. The minimum atomic E-state index is -0.0502. The number of ether oxygens (including phenoxy) is 1. The fraction of sp³-hybridized carbons (Fsp3) is 0.125. The lowest BCUT2D eigenvalue weighted by Crippen LogP contribution is -2.14. The van der Waals surface area contributed by atoms with E-state index < -0.39 is 0 Å². The largest absolute Gasteiger partial charge is 0.497 e. The number of aromatic nitrogens is 1. The van der Waals surface area contributed by atoms with Crippen LogP contribution >= 0.6 is 11.5 Å². The Morgan fingerprint density at radius 3 is 3.05 bits per heavy atom. The van der Waals surface area contributed by atoms with E-state index in [1.807, 2.05) is 42.5 Å². The zero-order valence-electron chi connectivity index (χ0n) is 11.5. The van der Waals surface area contributed by atoms with Gasteiger partial charge in [0.2, 0.25) is 5.91 Å². The van der Waals surface area contributed by atoms with Crippen molar-refractivity contribution in [2.24, 2.45) is 0 Å². The van der Waals surface area contributed by atoms with E-state index >= 15 is 0 Å². The van der Waals surface area contributed by atoms with Gasteiger partial charge < -0.3 is 10.1 Å². The Labute approximate surface area is 126 Å². The summed E-state index contributed by atoms with van der Waals surface area (Å²) in [6, 6.07) is 13.3. The molecule has 1 N–H and O–H groups in total. The number of benzene rings is 2. The van der Waals surface area contributed by atoms with Gasteiger partial charge in [-0.2, -0.15) is 4.37 Å². The van der Waals surface area contributed by atoms with Crippen molar-refractivity contribution in [3.05, 3.63) is 54.2 Å². The highest BCUT2D eigenvalue weighted by molar-refractivity contribution is 7.13. The van der Waals surface area contributed by atoms with Crippen LogP contribution in [0.2, 0.25) is 0 Å². The van der Waals surface area contributed by atoms with Gasteiger partial charge in [-0.3, -0.25) is 4.79 Å². The zero-order valence-corrected chi connectivity index (χ0v) is 12.3. The molecule has 0 aliphatic heterocycles. The van der Waals surface area contributed by atoms with Crippen molar-refractivity contribution in [3.8, 4) is 5.75 Å². The summed E-state index contributed by atoms with van der Waals surface area (Å²) in [5.74, 6) is 0.705. The summed E-state index contributed by atoms with van der Waals surface area (Å²) in [4.78, 5) is 12.1. The van der Waals surface area contributed by atoms with E-state index in [0.29, 0.717) is 6.42 Å². The van der Waals surface area contributed by atoms with Crippen molar-refractivity contribution in [3.63, 3.8) is 0 Å². The van der Waals surface area contributed by atoms with E-state index in [4.69, 9.17) is 4.74 Å². The molecular formula is C16H14N2O2S. The second-order valence-corrected chi connectivity index (χ2v) is 5.49. The van der Waals surface area contributed by atoms with Crippen LogP contribution in [0.4, 0.5) is 5.69 Å². The fourth-order valence-electron chi connectivity index (χ4n) is 2.12. The van der Waals surface area contributed by atoms with Crippen LogP contribution in [0.15, 0.2) is 48.7 Å². The molecule has 0 unspecified atom stereocenters. The summed E-state index contributed by atoms with van der Waals surface area (Å²) in [6.45, 7) is 0. The maximum atomic E-state index is 12.1. The monoisotopic (exact) mass is 298 g/mol. The van der Waals surface area contributed by atoms with Crippen molar-refractivity contribution < 1.29 is 9.53 Å². The quantitative estimate of drug-likeness (QED) is 0.802. The van der Waals surface area contributed by atoms with Gasteiger partial charge in [-0.25, -0.2) is 0 Å². The molecule has 1 heterocycles. The van der Waals surface area contributed by atoms with Gasteiger partial charge in [0.05, 0.1) is 18.2 Å². The van der Waals surface area contributed by atoms with Gasteiger partial charge in [-0.05, 0) is 47.4 Å². The molecule has 1 aromatic heterocycles. The van der Waals surface area contributed by atoms with Gasteiger partial charge >= 0.3 is 0 Å². The number of fused-ring (bicyclic) bond motifs is 1. The van der Waals surface area contributed by atoms with Crippen LogP contribution in [0.25, 0.3) is 10.1 Å². The van der Waals surface area contributed by atoms with Crippen LogP contribution in [-0.4, -0.2) is 17.4 Å². The van der Waals surface area contributed by atoms with E-state index in [1.165, 1.54) is 11.5 Å². The first kappa shape index (κ1) is 13.6. The van der Waals surface area contributed by atoms with Crippen LogP contribution in [0.3, 0.4) is 0 Å². The molecule has 0 fully saturated rings. The summed E-state index contributed by atoms with van der Waals surface area (Å²) in [5.41, 5.74) is 1.71. The standard InChI is InChI=1S/C16H14N2O2S/c1-20-14-4-2-3-11(7-14)8-16(19)18-13-5-6-15-12(9-13)10-17-21-15/h2-7,9-10H,8H2,1H3,(H,18,19). The highest BCUT2D eigenvalue weighted by Gasteiger charge is 2.06. The number of rotatable bonds is 4. The molecule has 106 valence electrons. The van der Waals surface area contributed by atoms with Crippen LogP contribution in [0.5, 0.6) is 5.75 Å². The molecule has 0 saturated heterocycles. The van der Waals surface area contributed by atoms with Gasteiger partial charge in [0, 0.05) is 17.3 Å². The average Bonchev–Trinajstić information content (AvgIpc) is 2.95. The molecule has 1 amide bonds. The Hall–Kier alpha value is -2.40. The number of nitrogens with zero attached hydrogens (tertiary/aromatic N) is 1. The third kappa shape index (κ3) is 3.20. The first-order valence-electron chi connectivity index (χ1n) is 6.52. The Morgan fingerprint density at radius 1 is 1.29 bits per heavy atom. The number of hydrogen-bond donors (Lipinski definition) is 1. The summed E-state index contributed by atoms with van der Waals surface area (Å²) in [6.07, 6.45) is 2.12. The Morgan fingerprint density at radius 2 is 2.19 bits per heavy atom. The molecule has 3 rings (SSSR count). The van der Waals surface area contributed by atoms with Crippen molar-refractivity contribution in [2.45, 2.75) is 6.42 Å². The number of amides is 1. The van der Waals surface area contributed by atoms with E-state index in [0.717, 1.165) is 27.1 Å². The Bertz CT molecular complexity index is 783. The van der Waals surface area contributed by atoms with Gasteiger partial charge in [0.25, 0.3) is 0 Å². The van der Waals surface area contributed by atoms with E-state index in [1.54, 1.807) is 13.3 Å². The molecule has 0 bridgehead atoms. The van der Waals surface area contributed by atoms with Gasteiger partial charge in [0.1, 0.15) is 5.75 Å². The lowest BCUT2D eigenvalue weighted by Gasteiger charge is -2.06. The van der Waals surface area contributed by atoms with Crippen LogP contribution in [0, 0.1) is 0 Å². The number of carbonyl (C=O) groups excluding carboxylic acids is 1. The molecule has 4 nitrogen and oxygen atoms in total. The topological polar surface area (TPSA) is 51.2 Å². The lowest BCUT2D eigenvalue weighted by atomic mass is 10.1. The van der Waals surface area contributed by atoms with Crippen molar-refractivity contribution in [1.29, 1.82) is 0 Å². The fourth-order valence-corrected chi connectivity index (χ4v) is 2.75. The number of hydrogen-bond acceptors (Lipinski definition) is 4. The molecule has 21 heavy (non-hydrogen) atoms. The lowest BCUT2D eigenvalue weighted by molar-refractivity contribution is -0.115. The van der Waals surface area contributed by atoms with Crippen molar-refractivity contribution in [2.75, 3.05) is 12.4 Å². The van der Waals surface area contributed by atoms with Gasteiger partial charge in [-0.1, -0.05) is 12.1 Å². The third-order valence-electron chi connectivity index (χ3n) is 3.14. The second-order valence-electron chi connectivity index (χ2n) is 4.65. The smallest absolute Gasteiger partial charge is 0.228 e. The average molecular weight is 298 g/mol. The summed E-state index contributed by atoms with van der Waals surface area (Å²) < 4.78 is 10.4. The van der Waals surface area contributed by atoms with E-state index in [2.05, 4.69) is 9.69 Å². The molecular weight excluding hydrogens is 284 g/mol. The van der Waals surface area contributed by atoms with Gasteiger partial charge in [0.15, 0.2) is 0 Å². The van der Waals surface area contributed by atoms with E-state index in [9.17, 15) is 4.79 Å². The zero-order chi connectivity index (χ0) is 14.7. The Kier molecular flexibility index (Phi) is 3.83. The highest BCUT2D eigenvalue weighted by atomic mass is 32.1. The van der Waals surface area contributed by atoms with Crippen LogP contribution < -0.4 is 10.1 Å². The first-order valence-corrected chi connectivity index (χ1v) is 7.29. The molecule has 0 saturated carbocycles. The molecule has 0 spiro atoms. The summed E-state index contributed by atoms with van der Waals surface area (Å²) >= 11 is 1.45. The minimum Gasteiger partial charge on any atom is -0.497 e. The molecule has 0 atom stereocenters. The molecule has 0 aliphatic rings. The van der Waals surface area contributed by atoms with Crippen LogP contribution in [0.1, 0.15) is 5.56 Å². The van der Waals surface area contributed by atoms with Gasteiger partial charge in [-0.15, -0.1) is 0 Å².